The maximum absolute atomic E-state index is 12.8. The summed E-state index contributed by atoms with van der Waals surface area (Å²) in [6, 6.07) is 2.88. The Morgan fingerprint density at radius 1 is 1.32 bits per heavy atom. The van der Waals surface area contributed by atoms with Gasteiger partial charge in [-0.05, 0) is 60.5 Å². The number of halogens is 1. The van der Waals surface area contributed by atoms with Gasteiger partial charge in [0.05, 0.1) is 0 Å². The van der Waals surface area contributed by atoms with Crippen LogP contribution in [0.3, 0.4) is 0 Å². The van der Waals surface area contributed by atoms with E-state index in [0.29, 0.717) is 12.1 Å². The van der Waals surface area contributed by atoms with E-state index in [4.69, 9.17) is 0 Å². The molecule has 4 heteroatoms. The van der Waals surface area contributed by atoms with Crippen LogP contribution >= 0.6 is 15.9 Å². The Hall–Kier alpha value is -0.770. The first-order valence-corrected chi connectivity index (χ1v) is 8.04. The van der Waals surface area contributed by atoms with Gasteiger partial charge in [0, 0.05) is 29.3 Å². The lowest BCUT2D eigenvalue weighted by atomic mass is 9.93. The molecule has 0 radical (unpaired) electrons. The van der Waals surface area contributed by atoms with E-state index in [1.54, 1.807) is 0 Å². The summed E-state index contributed by atoms with van der Waals surface area (Å²) < 4.78 is 3.18. The van der Waals surface area contributed by atoms with E-state index in [1.807, 2.05) is 6.07 Å². The van der Waals surface area contributed by atoms with Gasteiger partial charge in [-0.15, -0.1) is 0 Å². The van der Waals surface area contributed by atoms with E-state index in [1.165, 1.54) is 12.8 Å². The minimum atomic E-state index is 0.206. The lowest BCUT2D eigenvalue weighted by Crippen LogP contribution is -2.44. The maximum atomic E-state index is 12.8. The van der Waals surface area contributed by atoms with Crippen LogP contribution in [-0.4, -0.2) is 28.0 Å². The highest BCUT2D eigenvalue weighted by atomic mass is 79.9. The third kappa shape index (κ3) is 2.60. The van der Waals surface area contributed by atoms with Crippen LogP contribution in [0.25, 0.3) is 0 Å². The molecule has 1 aromatic heterocycles. The van der Waals surface area contributed by atoms with Gasteiger partial charge in [-0.3, -0.25) is 4.79 Å². The molecule has 1 aliphatic heterocycles. The van der Waals surface area contributed by atoms with Gasteiger partial charge in [-0.1, -0.05) is 6.92 Å². The number of aromatic nitrogens is 1. The molecule has 1 aliphatic carbocycles. The van der Waals surface area contributed by atoms with E-state index >= 15 is 0 Å². The van der Waals surface area contributed by atoms with Crippen molar-refractivity contribution in [1.29, 1.82) is 0 Å². The zero-order chi connectivity index (χ0) is 13.6. The minimum Gasteiger partial charge on any atom is -0.339 e. The topological polar surface area (TPSA) is 25.2 Å². The first-order valence-electron chi connectivity index (χ1n) is 7.24. The van der Waals surface area contributed by atoms with E-state index in [2.05, 4.69) is 45.4 Å². The number of piperidine rings is 1. The number of rotatable bonds is 2. The lowest BCUT2D eigenvalue weighted by molar-refractivity contribution is 0.0577. The molecule has 2 heterocycles. The monoisotopic (exact) mass is 324 g/mol. The SMILES string of the molecule is CC1CCN(C(=O)c2cc(Br)cn2C2CC2)C(C)C1. The number of amides is 1. The van der Waals surface area contributed by atoms with Gasteiger partial charge < -0.3 is 9.47 Å². The van der Waals surface area contributed by atoms with Crippen molar-refractivity contribution in [2.45, 2.75) is 51.6 Å². The summed E-state index contributed by atoms with van der Waals surface area (Å²) in [5.74, 6) is 0.943. The summed E-state index contributed by atoms with van der Waals surface area (Å²) in [5, 5.41) is 0. The average Bonchev–Trinajstić information content (AvgIpc) is 3.12. The molecule has 3 nitrogen and oxygen atoms in total. The Morgan fingerprint density at radius 3 is 2.68 bits per heavy atom. The van der Waals surface area contributed by atoms with Crippen LogP contribution in [0.2, 0.25) is 0 Å². The van der Waals surface area contributed by atoms with Crippen LogP contribution in [0.15, 0.2) is 16.7 Å². The van der Waals surface area contributed by atoms with Gasteiger partial charge in [-0.2, -0.15) is 0 Å². The minimum absolute atomic E-state index is 0.206. The molecule has 19 heavy (non-hydrogen) atoms. The molecular formula is C15H21BrN2O. The van der Waals surface area contributed by atoms with Crippen molar-refractivity contribution in [2.24, 2.45) is 5.92 Å². The second kappa shape index (κ2) is 4.97. The largest absolute Gasteiger partial charge is 0.339 e. The van der Waals surface area contributed by atoms with Crippen LogP contribution in [-0.2, 0) is 0 Å². The maximum Gasteiger partial charge on any atom is 0.270 e. The van der Waals surface area contributed by atoms with Crippen LogP contribution < -0.4 is 0 Å². The number of nitrogens with zero attached hydrogens (tertiary/aromatic N) is 2. The van der Waals surface area contributed by atoms with E-state index in [0.717, 1.165) is 35.5 Å². The smallest absolute Gasteiger partial charge is 0.270 e. The second-order valence-corrected chi connectivity index (χ2v) is 7.07. The van der Waals surface area contributed by atoms with Crippen LogP contribution in [0, 0.1) is 5.92 Å². The zero-order valence-electron chi connectivity index (χ0n) is 11.6. The predicted molar refractivity (Wildman–Crippen MR) is 79.3 cm³/mol. The van der Waals surface area contributed by atoms with Crippen molar-refractivity contribution in [3.8, 4) is 0 Å². The average molecular weight is 325 g/mol. The first-order chi connectivity index (χ1) is 9.06. The van der Waals surface area contributed by atoms with E-state index < -0.39 is 0 Å². The van der Waals surface area contributed by atoms with E-state index in [9.17, 15) is 4.79 Å². The number of carbonyl (C=O) groups excluding carboxylic acids is 1. The lowest BCUT2D eigenvalue weighted by Gasteiger charge is -2.36. The third-order valence-corrected chi connectivity index (χ3v) is 4.81. The molecule has 2 fully saturated rings. The van der Waals surface area contributed by atoms with Crippen molar-refractivity contribution < 1.29 is 4.79 Å². The Labute approximate surface area is 123 Å². The molecule has 1 aromatic rings. The van der Waals surface area contributed by atoms with Crippen LogP contribution in [0.1, 0.15) is 56.1 Å². The molecule has 104 valence electrons. The zero-order valence-corrected chi connectivity index (χ0v) is 13.2. The fourth-order valence-corrected chi connectivity index (χ4v) is 3.57. The standard InChI is InChI=1S/C15H21BrN2O/c1-10-5-6-17(11(2)7-10)15(19)14-8-12(16)9-18(14)13-3-4-13/h8-11,13H,3-7H2,1-2H3. The summed E-state index contributed by atoms with van der Waals surface area (Å²) in [5.41, 5.74) is 0.857. The molecule has 1 saturated heterocycles. The predicted octanol–water partition coefficient (Wildman–Crippen LogP) is 3.85. The van der Waals surface area contributed by atoms with Crippen molar-refractivity contribution in [2.75, 3.05) is 6.54 Å². The van der Waals surface area contributed by atoms with Gasteiger partial charge in [0.25, 0.3) is 5.91 Å². The van der Waals surface area contributed by atoms with Gasteiger partial charge in [0.2, 0.25) is 0 Å². The van der Waals surface area contributed by atoms with Crippen molar-refractivity contribution in [1.82, 2.24) is 9.47 Å². The molecule has 3 rings (SSSR count). The summed E-state index contributed by atoms with van der Waals surface area (Å²) in [4.78, 5) is 14.8. The van der Waals surface area contributed by atoms with Gasteiger partial charge in [-0.25, -0.2) is 0 Å². The van der Waals surface area contributed by atoms with Gasteiger partial charge in [0.1, 0.15) is 5.69 Å². The number of hydrogen-bond donors (Lipinski definition) is 0. The molecule has 1 amide bonds. The highest BCUT2D eigenvalue weighted by molar-refractivity contribution is 9.10. The Kier molecular flexibility index (Phi) is 3.46. The quantitative estimate of drug-likeness (QED) is 0.811. The van der Waals surface area contributed by atoms with E-state index in [-0.39, 0.29) is 5.91 Å². The normalized spacial score (nSPS) is 27.6. The number of hydrogen-bond acceptors (Lipinski definition) is 1. The molecule has 0 aromatic carbocycles. The first kappa shape index (κ1) is 13.2. The molecule has 2 atom stereocenters. The fraction of sp³-hybridized carbons (Fsp3) is 0.667. The summed E-state index contributed by atoms with van der Waals surface area (Å²) >= 11 is 3.50. The number of likely N-dealkylation sites (tertiary alicyclic amines) is 1. The molecule has 0 spiro atoms. The second-order valence-electron chi connectivity index (χ2n) is 6.16. The Balaban J connectivity index is 1.83. The summed E-state index contributed by atoms with van der Waals surface area (Å²) in [7, 11) is 0. The summed E-state index contributed by atoms with van der Waals surface area (Å²) in [6.07, 6.45) is 6.71. The van der Waals surface area contributed by atoms with Crippen molar-refractivity contribution >= 4 is 21.8 Å². The van der Waals surface area contributed by atoms with Crippen molar-refractivity contribution in [3.63, 3.8) is 0 Å². The molecule has 0 N–H and O–H groups in total. The number of carbonyl (C=O) groups is 1. The molecular weight excluding hydrogens is 304 g/mol. The highest BCUT2D eigenvalue weighted by Gasteiger charge is 2.32. The molecule has 2 unspecified atom stereocenters. The van der Waals surface area contributed by atoms with Crippen LogP contribution in [0.5, 0.6) is 0 Å². The Morgan fingerprint density at radius 2 is 2.05 bits per heavy atom. The molecule has 2 aliphatic rings. The van der Waals surface area contributed by atoms with Crippen LogP contribution in [0.4, 0.5) is 0 Å². The molecule has 0 bridgehead atoms. The third-order valence-electron chi connectivity index (χ3n) is 4.37. The highest BCUT2D eigenvalue weighted by Crippen LogP contribution is 2.38. The summed E-state index contributed by atoms with van der Waals surface area (Å²) in [6.45, 7) is 5.35. The Bertz CT molecular complexity index is 492. The van der Waals surface area contributed by atoms with Gasteiger partial charge in [0.15, 0.2) is 0 Å². The fourth-order valence-electron chi connectivity index (χ4n) is 3.13. The molecule has 1 saturated carbocycles. The van der Waals surface area contributed by atoms with Gasteiger partial charge >= 0.3 is 0 Å². The van der Waals surface area contributed by atoms with Crippen molar-refractivity contribution in [3.05, 3.63) is 22.4 Å².